The lowest BCUT2D eigenvalue weighted by molar-refractivity contribution is -0.137. The molecule has 5 rings (SSSR count). The third kappa shape index (κ3) is 5.64. The monoisotopic (exact) mass is 539 g/mol. The molecule has 1 aliphatic carbocycles. The number of pyridine rings is 1. The van der Waals surface area contributed by atoms with Crippen LogP contribution in [0.5, 0.6) is 0 Å². The molecule has 3 aromatic heterocycles. The summed E-state index contributed by atoms with van der Waals surface area (Å²) < 4.78 is 41.2. The van der Waals surface area contributed by atoms with Gasteiger partial charge in [0.25, 0.3) is 0 Å². The van der Waals surface area contributed by atoms with Gasteiger partial charge >= 0.3 is 12.1 Å². The Kier molecular flexibility index (Phi) is 7.11. The Morgan fingerprint density at radius 2 is 1.85 bits per heavy atom. The number of aromatic nitrogens is 5. The minimum atomic E-state index is -4.44. The van der Waals surface area contributed by atoms with Gasteiger partial charge in [-0.2, -0.15) is 18.2 Å². The first-order valence-electron chi connectivity index (χ1n) is 12.7. The lowest BCUT2D eigenvalue weighted by Gasteiger charge is -2.32. The van der Waals surface area contributed by atoms with Gasteiger partial charge in [0.1, 0.15) is 5.52 Å². The SMILES string of the molecule is CC(Nc1nc2nc(C(=O)O)nc(N[C@H](C)C3CCC3)c2n1Cc1ccc(C(F)(F)F)cc1)c1cccnc1. The summed E-state index contributed by atoms with van der Waals surface area (Å²) in [5.41, 5.74) is 1.38. The maximum atomic E-state index is 13.1. The summed E-state index contributed by atoms with van der Waals surface area (Å²) in [6.45, 7) is 4.10. The number of carboxylic acid groups (broad SMARTS) is 1. The second kappa shape index (κ2) is 10.5. The summed E-state index contributed by atoms with van der Waals surface area (Å²) in [7, 11) is 0. The van der Waals surface area contributed by atoms with Crippen molar-refractivity contribution in [2.75, 3.05) is 10.6 Å². The maximum Gasteiger partial charge on any atom is 0.416 e. The van der Waals surface area contributed by atoms with Crippen LogP contribution in [-0.4, -0.2) is 41.6 Å². The van der Waals surface area contributed by atoms with E-state index in [0.717, 1.165) is 37.0 Å². The fourth-order valence-electron chi connectivity index (χ4n) is 4.66. The van der Waals surface area contributed by atoms with Crippen LogP contribution in [0.2, 0.25) is 0 Å². The molecule has 204 valence electrons. The lowest BCUT2D eigenvalue weighted by atomic mass is 9.80. The van der Waals surface area contributed by atoms with E-state index in [2.05, 4.69) is 30.6 Å². The standard InChI is InChI=1S/C27H28F3N7O2/c1-15(18-5-3-6-18)32-22-21-23(35-24(34-22)25(38)39)36-26(33-16(2)19-7-4-12-31-13-19)37(21)14-17-8-10-20(11-9-17)27(28,29)30/h4,7-13,15-16,18H,3,5-6,14H2,1-2H3,(H,38,39)(H2,32,33,34,35,36)/t15-,16?/m1/s1. The third-order valence-electron chi connectivity index (χ3n) is 7.17. The van der Waals surface area contributed by atoms with E-state index in [9.17, 15) is 23.1 Å². The molecule has 0 aliphatic heterocycles. The number of nitrogens with zero attached hydrogens (tertiary/aromatic N) is 5. The number of rotatable bonds is 9. The number of anilines is 2. The Balaban J connectivity index is 1.61. The normalized spacial score (nSPS) is 15.5. The molecule has 0 bridgehead atoms. The molecule has 0 spiro atoms. The molecule has 1 unspecified atom stereocenters. The van der Waals surface area contributed by atoms with E-state index in [-0.39, 0.29) is 24.3 Å². The average Bonchev–Trinajstić information content (AvgIpc) is 3.20. The van der Waals surface area contributed by atoms with E-state index in [1.807, 2.05) is 26.0 Å². The highest BCUT2D eigenvalue weighted by atomic mass is 19.4. The molecule has 4 aromatic rings. The van der Waals surface area contributed by atoms with Crippen LogP contribution in [0.1, 0.15) is 66.5 Å². The van der Waals surface area contributed by atoms with Crippen molar-refractivity contribution in [3.63, 3.8) is 0 Å². The molecule has 0 radical (unpaired) electrons. The summed E-state index contributed by atoms with van der Waals surface area (Å²) in [4.78, 5) is 29.1. The number of fused-ring (bicyclic) bond motifs is 1. The minimum Gasteiger partial charge on any atom is -0.475 e. The summed E-state index contributed by atoms with van der Waals surface area (Å²) >= 11 is 0. The summed E-state index contributed by atoms with van der Waals surface area (Å²) in [6, 6.07) is 8.42. The second-order valence-electron chi connectivity index (χ2n) is 9.87. The quantitative estimate of drug-likeness (QED) is 0.246. The molecule has 2 atom stereocenters. The maximum absolute atomic E-state index is 13.1. The Bertz CT molecular complexity index is 1470. The topological polar surface area (TPSA) is 118 Å². The minimum absolute atomic E-state index is 0.0265. The smallest absolute Gasteiger partial charge is 0.416 e. The number of carboxylic acids is 1. The van der Waals surface area contributed by atoms with Crippen LogP contribution in [0, 0.1) is 5.92 Å². The Morgan fingerprint density at radius 3 is 2.44 bits per heavy atom. The van der Waals surface area contributed by atoms with Crippen molar-refractivity contribution in [2.24, 2.45) is 5.92 Å². The third-order valence-corrected chi connectivity index (χ3v) is 7.17. The zero-order chi connectivity index (χ0) is 27.7. The first kappa shape index (κ1) is 26.4. The van der Waals surface area contributed by atoms with Crippen LogP contribution >= 0.6 is 0 Å². The van der Waals surface area contributed by atoms with Gasteiger partial charge in [0, 0.05) is 18.4 Å². The molecular formula is C27H28F3N7O2. The highest BCUT2D eigenvalue weighted by Crippen LogP contribution is 2.34. The second-order valence-corrected chi connectivity index (χ2v) is 9.87. The van der Waals surface area contributed by atoms with Gasteiger partial charge in [-0.1, -0.05) is 24.6 Å². The van der Waals surface area contributed by atoms with Gasteiger partial charge in [-0.15, -0.1) is 0 Å². The fraction of sp³-hybridized carbons (Fsp3) is 0.370. The van der Waals surface area contributed by atoms with Crippen LogP contribution in [0.4, 0.5) is 24.9 Å². The van der Waals surface area contributed by atoms with Crippen molar-refractivity contribution in [1.29, 1.82) is 0 Å². The van der Waals surface area contributed by atoms with Crippen LogP contribution in [0.3, 0.4) is 0 Å². The molecule has 1 fully saturated rings. The summed E-state index contributed by atoms with van der Waals surface area (Å²) in [6.07, 6.45) is 2.21. The predicted molar refractivity (Wildman–Crippen MR) is 140 cm³/mol. The van der Waals surface area contributed by atoms with Crippen LogP contribution in [-0.2, 0) is 12.7 Å². The molecule has 1 aliphatic rings. The molecule has 3 N–H and O–H groups in total. The van der Waals surface area contributed by atoms with Crippen LogP contribution in [0.25, 0.3) is 11.2 Å². The highest BCUT2D eigenvalue weighted by molar-refractivity contribution is 5.91. The highest BCUT2D eigenvalue weighted by Gasteiger charge is 2.30. The van der Waals surface area contributed by atoms with Gasteiger partial charge in [0.15, 0.2) is 11.5 Å². The number of hydrogen-bond donors (Lipinski definition) is 3. The largest absolute Gasteiger partial charge is 0.475 e. The first-order valence-corrected chi connectivity index (χ1v) is 12.7. The van der Waals surface area contributed by atoms with Crippen molar-refractivity contribution < 1.29 is 23.1 Å². The van der Waals surface area contributed by atoms with Crippen molar-refractivity contribution in [3.8, 4) is 0 Å². The summed E-state index contributed by atoms with van der Waals surface area (Å²) in [5.74, 6) is -0.558. The van der Waals surface area contributed by atoms with E-state index in [4.69, 9.17) is 0 Å². The number of imidazole rings is 1. The van der Waals surface area contributed by atoms with Crippen molar-refractivity contribution in [1.82, 2.24) is 24.5 Å². The van der Waals surface area contributed by atoms with Crippen LogP contribution in [0.15, 0.2) is 48.8 Å². The molecule has 0 saturated heterocycles. The van der Waals surface area contributed by atoms with Crippen LogP contribution < -0.4 is 10.6 Å². The first-order chi connectivity index (χ1) is 18.6. The lowest BCUT2D eigenvalue weighted by Crippen LogP contribution is -2.31. The molecule has 3 heterocycles. The van der Waals surface area contributed by atoms with Gasteiger partial charge in [-0.05, 0) is 61.9 Å². The fourth-order valence-corrected chi connectivity index (χ4v) is 4.66. The van der Waals surface area contributed by atoms with E-state index in [1.165, 1.54) is 12.1 Å². The van der Waals surface area contributed by atoms with Crippen molar-refractivity contribution in [3.05, 3.63) is 71.3 Å². The molecule has 12 heteroatoms. The number of halogens is 3. The van der Waals surface area contributed by atoms with E-state index in [0.29, 0.717) is 28.8 Å². The van der Waals surface area contributed by atoms with Gasteiger partial charge in [0.2, 0.25) is 11.8 Å². The van der Waals surface area contributed by atoms with Gasteiger partial charge in [-0.25, -0.2) is 14.8 Å². The van der Waals surface area contributed by atoms with Gasteiger partial charge in [0.05, 0.1) is 18.2 Å². The molecule has 9 nitrogen and oxygen atoms in total. The molecular weight excluding hydrogens is 511 g/mol. The van der Waals surface area contributed by atoms with E-state index < -0.39 is 23.5 Å². The molecule has 39 heavy (non-hydrogen) atoms. The number of carbonyl (C=O) groups is 1. The zero-order valence-electron chi connectivity index (χ0n) is 21.4. The number of nitrogens with one attached hydrogen (secondary N) is 2. The predicted octanol–water partition coefficient (Wildman–Crippen LogP) is 5.76. The number of hydrogen-bond acceptors (Lipinski definition) is 7. The molecule has 1 saturated carbocycles. The van der Waals surface area contributed by atoms with Crippen molar-refractivity contribution in [2.45, 2.75) is 57.9 Å². The number of aromatic carboxylic acids is 1. The Labute approximate surface area is 222 Å². The Morgan fingerprint density at radius 1 is 1.10 bits per heavy atom. The van der Waals surface area contributed by atoms with Crippen molar-refractivity contribution >= 4 is 28.9 Å². The van der Waals surface area contributed by atoms with Gasteiger partial charge in [-0.3, -0.25) is 4.98 Å². The van der Waals surface area contributed by atoms with E-state index >= 15 is 0 Å². The average molecular weight is 540 g/mol. The zero-order valence-corrected chi connectivity index (χ0v) is 21.4. The molecule has 1 aromatic carbocycles. The van der Waals surface area contributed by atoms with E-state index in [1.54, 1.807) is 17.0 Å². The summed E-state index contributed by atoms with van der Waals surface area (Å²) in [5, 5.41) is 16.4. The number of benzene rings is 1. The number of alkyl halides is 3. The van der Waals surface area contributed by atoms with Gasteiger partial charge < -0.3 is 20.3 Å². The Hall–Kier alpha value is -4.22. The molecule has 0 amide bonds.